The largest absolute Gasteiger partial charge is 0.396 e. The van der Waals surface area contributed by atoms with Crippen LogP contribution in [0.5, 0.6) is 0 Å². The Morgan fingerprint density at radius 2 is 2.06 bits per heavy atom. The van der Waals surface area contributed by atoms with Crippen LogP contribution in [0.15, 0.2) is 29.2 Å². The average Bonchev–Trinajstić information content (AvgIpc) is 2.29. The van der Waals surface area contributed by atoms with E-state index in [1.165, 1.54) is 0 Å². The van der Waals surface area contributed by atoms with Gasteiger partial charge in [0.05, 0.1) is 5.56 Å². The fraction of sp³-hybridized carbons (Fsp3) is 0.462. The molecule has 0 radical (unpaired) electrons. The zero-order valence-corrected chi connectivity index (χ0v) is 11.2. The van der Waals surface area contributed by atoms with Gasteiger partial charge in [-0.2, -0.15) is 0 Å². The van der Waals surface area contributed by atoms with Gasteiger partial charge in [0.25, 0.3) is 5.91 Å². The average molecular weight is 253 g/mol. The summed E-state index contributed by atoms with van der Waals surface area (Å²) in [7, 11) is 0. The molecule has 0 saturated carbocycles. The van der Waals surface area contributed by atoms with E-state index in [-0.39, 0.29) is 18.6 Å². The molecule has 3 nitrogen and oxygen atoms in total. The molecule has 0 aliphatic rings. The zero-order chi connectivity index (χ0) is 12.8. The van der Waals surface area contributed by atoms with E-state index >= 15 is 0 Å². The van der Waals surface area contributed by atoms with Crippen LogP contribution >= 0.6 is 12.6 Å². The molecule has 1 N–H and O–H groups in total. The maximum absolute atomic E-state index is 12.3. The first-order chi connectivity index (χ1) is 8.07. The fourth-order valence-corrected chi connectivity index (χ4v) is 1.90. The van der Waals surface area contributed by atoms with Crippen LogP contribution < -0.4 is 0 Å². The lowest BCUT2D eigenvalue weighted by Crippen LogP contribution is -2.38. The van der Waals surface area contributed by atoms with Gasteiger partial charge in [0.15, 0.2) is 0 Å². The lowest BCUT2D eigenvalue weighted by Gasteiger charge is -2.27. The summed E-state index contributed by atoms with van der Waals surface area (Å²) < 4.78 is 0. The second kappa shape index (κ2) is 6.67. The molecule has 1 amide bonds. The van der Waals surface area contributed by atoms with Crippen LogP contribution in [-0.2, 0) is 0 Å². The van der Waals surface area contributed by atoms with Crippen molar-refractivity contribution in [1.82, 2.24) is 4.90 Å². The molecule has 0 aliphatic heterocycles. The SMILES string of the molecule is CC(C)N(CCCO)C(=O)c1ccccc1S. The number of carbonyl (C=O) groups is 1. The molecule has 0 heterocycles. The van der Waals surface area contributed by atoms with Crippen LogP contribution in [0.3, 0.4) is 0 Å². The quantitative estimate of drug-likeness (QED) is 0.790. The highest BCUT2D eigenvalue weighted by Gasteiger charge is 2.19. The van der Waals surface area contributed by atoms with Crippen molar-refractivity contribution in [2.45, 2.75) is 31.2 Å². The molecule has 1 aromatic rings. The standard InChI is InChI=1S/C13H19NO2S/c1-10(2)14(8-5-9-15)13(16)11-6-3-4-7-12(11)17/h3-4,6-7,10,15,17H,5,8-9H2,1-2H3. The van der Waals surface area contributed by atoms with Crippen LogP contribution in [0.4, 0.5) is 0 Å². The van der Waals surface area contributed by atoms with Crippen molar-refractivity contribution >= 4 is 18.5 Å². The summed E-state index contributed by atoms with van der Waals surface area (Å²) in [6.45, 7) is 4.60. The molecule has 0 fully saturated rings. The lowest BCUT2D eigenvalue weighted by atomic mass is 10.1. The number of nitrogens with zero attached hydrogens (tertiary/aromatic N) is 1. The smallest absolute Gasteiger partial charge is 0.255 e. The Labute approximate surface area is 108 Å². The molecule has 1 aromatic carbocycles. The van der Waals surface area contributed by atoms with Crippen molar-refractivity contribution < 1.29 is 9.90 Å². The summed E-state index contributed by atoms with van der Waals surface area (Å²) >= 11 is 4.29. The minimum Gasteiger partial charge on any atom is -0.396 e. The molecule has 0 saturated heterocycles. The van der Waals surface area contributed by atoms with Crippen LogP contribution in [0.2, 0.25) is 0 Å². The molecule has 0 atom stereocenters. The maximum atomic E-state index is 12.3. The lowest BCUT2D eigenvalue weighted by molar-refractivity contribution is 0.0689. The summed E-state index contributed by atoms with van der Waals surface area (Å²) in [5, 5.41) is 8.85. The number of aliphatic hydroxyl groups is 1. The molecule has 0 aromatic heterocycles. The van der Waals surface area contributed by atoms with Gasteiger partial charge in [-0.1, -0.05) is 12.1 Å². The van der Waals surface area contributed by atoms with Gasteiger partial charge in [-0.05, 0) is 32.4 Å². The highest BCUT2D eigenvalue weighted by molar-refractivity contribution is 7.80. The van der Waals surface area contributed by atoms with E-state index < -0.39 is 0 Å². The molecular formula is C13H19NO2S. The van der Waals surface area contributed by atoms with Crippen LogP contribution in [0, 0.1) is 0 Å². The molecule has 94 valence electrons. The van der Waals surface area contributed by atoms with E-state index in [2.05, 4.69) is 12.6 Å². The van der Waals surface area contributed by atoms with E-state index in [1.807, 2.05) is 26.0 Å². The van der Waals surface area contributed by atoms with E-state index in [4.69, 9.17) is 5.11 Å². The number of aliphatic hydroxyl groups excluding tert-OH is 1. The van der Waals surface area contributed by atoms with Crippen molar-refractivity contribution in [3.8, 4) is 0 Å². The van der Waals surface area contributed by atoms with Gasteiger partial charge >= 0.3 is 0 Å². The third kappa shape index (κ3) is 3.75. The molecule has 4 heteroatoms. The number of benzene rings is 1. The van der Waals surface area contributed by atoms with Crippen molar-refractivity contribution in [2.75, 3.05) is 13.2 Å². The predicted octanol–water partition coefficient (Wildman–Crippen LogP) is 2.21. The number of hydrogen-bond donors (Lipinski definition) is 2. The van der Waals surface area contributed by atoms with Crippen molar-refractivity contribution in [2.24, 2.45) is 0 Å². The third-order valence-corrected chi connectivity index (χ3v) is 2.97. The minimum atomic E-state index is -0.0287. The maximum Gasteiger partial charge on any atom is 0.255 e. The summed E-state index contributed by atoms with van der Waals surface area (Å²) in [5.41, 5.74) is 0.613. The first-order valence-electron chi connectivity index (χ1n) is 5.77. The van der Waals surface area contributed by atoms with Gasteiger partial charge in [-0.3, -0.25) is 4.79 Å². The molecular weight excluding hydrogens is 234 g/mol. The Morgan fingerprint density at radius 1 is 1.41 bits per heavy atom. The van der Waals surface area contributed by atoms with Gasteiger partial charge in [-0.25, -0.2) is 0 Å². The van der Waals surface area contributed by atoms with Gasteiger partial charge in [0.1, 0.15) is 0 Å². The van der Waals surface area contributed by atoms with E-state index in [0.29, 0.717) is 23.4 Å². The highest BCUT2D eigenvalue weighted by atomic mass is 32.1. The number of rotatable bonds is 5. The minimum absolute atomic E-state index is 0.0287. The number of thiol groups is 1. The van der Waals surface area contributed by atoms with Crippen LogP contribution in [0.25, 0.3) is 0 Å². The van der Waals surface area contributed by atoms with Crippen LogP contribution in [-0.4, -0.2) is 35.1 Å². The summed E-state index contributed by atoms with van der Waals surface area (Å²) in [6.07, 6.45) is 0.596. The van der Waals surface area contributed by atoms with Crippen LogP contribution in [0.1, 0.15) is 30.6 Å². The van der Waals surface area contributed by atoms with Gasteiger partial charge in [0.2, 0.25) is 0 Å². The Hall–Kier alpha value is -1.00. The fourth-order valence-electron chi connectivity index (χ4n) is 1.64. The number of carbonyl (C=O) groups excluding carboxylic acids is 1. The predicted molar refractivity (Wildman–Crippen MR) is 71.6 cm³/mol. The summed E-state index contributed by atoms with van der Waals surface area (Å²) in [6, 6.07) is 7.38. The van der Waals surface area contributed by atoms with Gasteiger partial charge in [0, 0.05) is 24.1 Å². The molecule has 17 heavy (non-hydrogen) atoms. The number of amides is 1. The van der Waals surface area contributed by atoms with Crippen molar-refractivity contribution in [3.63, 3.8) is 0 Å². The Kier molecular flexibility index (Phi) is 5.51. The summed E-state index contributed by atoms with van der Waals surface area (Å²) in [4.78, 5) is 14.8. The first kappa shape index (κ1) is 14.1. The Morgan fingerprint density at radius 3 is 2.59 bits per heavy atom. The molecule has 1 rings (SSSR count). The molecule has 0 spiro atoms. The normalized spacial score (nSPS) is 10.6. The highest BCUT2D eigenvalue weighted by Crippen LogP contribution is 2.17. The second-order valence-electron chi connectivity index (χ2n) is 4.19. The molecule has 0 unspecified atom stereocenters. The number of hydrogen-bond acceptors (Lipinski definition) is 3. The first-order valence-corrected chi connectivity index (χ1v) is 6.22. The third-order valence-electron chi connectivity index (χ3n) is 2.58. The zero-order valence-electron chi connectivity index (χ0n) is 10.3. The topological polar surface area (TPSA) is 40.5 Å². The Balaban J connectivity index is 2.88. The van der Waals surface area contributed by atoms with Crippen molar-refractivity contribution in [3.05, 3.63) is 29.8 Å². The van der Waals surface area contributed by atoms with Crippen molar-refractivity contribution in [1.29, 1.82) is 0 Å². The van der Waals surface area contributed by atoms with E-state index in [0.717, 1.165) is 0 Å². The molecule has 0 bridgehead atoms. The monoisotopic (exact) mass is 253 g/mol. The van der Waals surface area contributed by atoms with Gasteiger partial charge < -0.3 is 10.0 Å². The molecule has 0 aliphatic carbocycles. The Bertz CT molecular complexity index is 379. The van der Waals surface area contributed by atoms with Gasteiger partial charge in [-0.15, -0.1) is 12.6 Å². The van der Waals surface area contributed by atoms with E-state index in [9.17, 15) is 4.79 Å². The second-order valence-corrected chi connectivity index (χ2v) is 4.67. The summed E-state index contributed by atoms with van der Waals surface area (Å²) in [5.74, 6) is -0.0287. The van der Waals surface area contributed by atoms with E-state index in [1.54, 1.807) is 17.0 Å².